The van der Waals surface area contributed by atoms with Crippen molar-refractivity contribution < 1.29 is 14.4 Å². The molecule has 5 heteroatoms. The number of amides is 1. The molecular formula is C32H44N2O3. The lowest BCUT2D eigenvalue weighted by Crippen LogP contribution is -2.70. The summed E-state index contributed by atoms with van der Waals surface area (Å²) in [6, 6.07) is 2.18. The number of allylic oxidation sites excluding steroid dienone is 4. The molecule has 37 heavy (non-hydrogen) atoms. The molecule has 0 spiro atoms. The molecule has 0 bridgehead atoms. The molecule has 5 nitrogen and oxygen atoms in total. The van der Waals surface area contributed by atoms with Gasteiger partial charge in [-0.25, -0.2) is 0 Å². The van der Waals surface area contributed by atoms with Gasteiger partial charge in [-0.05, 0) is 79.1 Å². The van der Waals surface area contributed by atoms with Gasteiger partial charge in [0, 0.05) is 29.2 Å². The highest BCUT2D eigenvalue weighted by Crippen LogP contribution is 2.73. The van der Waals surface area contributed by atoms with Gasteiger partial charge in [0.25, 0.3) is 0 Å². The largest absolute Gasteiger partial charge is 0.351 e. The molecule has 3 fully saturated rings. The highest BCUT2D eigenvalue weighted by Gasteiger charge is 2.70. The van der Waals surface area contributed by atoms with Gasteiger partial charge in [0.05, 0.1) is 5.57 Å². The van der Waals surface area contributed by atoms with Gasteiger partial charge in [-0.2, -0.15) is 5.26 Å². The summed E-state index contributed by atoms with van der Waals surface area (Å²) in [5.74, 6) is 0.925. The van der Waals surface area contributed by atoms with Gasteiger partial charge < -0.3 is 5.32 Å². The van der Waals surface area contributed by atoms with Crippen LogP contribution < -0.4 is 5.32 Å². The normalized spacial score (nSPS) is 48.2. The number of nitrogens with one attached hydrogen (secondary N) is 1. The van der Waals surface area contributed by atoms with Crippen LogP contribution in [0.1, 0.15) is 93.9 Å². The number of fused-ring (bicyclic) bond motifs is 7. The molecule has 200 valence electrons. The predicted molar refractivity (Wildman–Crippen MR) is 143 cm³/mol. The molecule has 0 saturated heterocycles. The average molecular weight is 505 g/mol. The number of carbonyl (C=O) groups excluding carboxylic acids is 3. The molecule has 0 heterocycles. The Bertz CT molecular complexity index is 1190. The number of ketones is 2. The maximum Gasteiger partial charge on any atom is 0.217 e. The van der Waals surface area contributed by atoms with E-state index >= 15 is 0 Å². The molecule has 0 aromatic heterocycles. The summed E-state index contributed by atoms with van der Waals surface area (Å²) < 4.78 is 0. The molecule has 1 N–H and O–H groups in total. The lowest BCUT2D eigenvalue weighted by atomic mass is 9.34. The summed E-state index contributed by atoms with van der Waals surface area (Å²) in [5, 5.41) is 13.3. The van der Waals surface area contributed by atoms with Crippen molar-refractivity contribution in [1.29, 1.82) is 5.26 Å². The maximum absolute atomic E-state index is 14.4. The van der Waals surface area contributed by atoms with E-state index in [1.807, 2.05) is 26.0 Å². The van der Waals surface area contributed by atoms with Gasteiger partial charge in [0.15, 0.2) is 11.6 Å². The van der Waals surface area contributed by atoms with Gasteiger partial charge in [0.2, 0.25) is 5.91 Å². The molecule has 3 saturated carbocycles. The van der Waals surface area contributed by atoms with E-state index in [2.05, 4.69) is 46.0 Å². The zero-order valence-electron chi connectivity index (χ0n) is 24.0. The van der Waals surface area contributed by atoms with Crippen molar-refractivity contribution in [3.8, 4) is 6.07 Å². The first kappa shape index (κ1) is 26.4. The molecule has 0 aromatic rings. The van der Waals surface area contributed by atoms with Crippen LogP contribution in [-0.2, 0) is 14.4 Å². The quantitative estimate of drug-likeness (QED) is 0.478. The molecule has 0 aliphatic heterocycles. The van der Waals surface area contributed by atoms with E-state index < -0.39 is 10.8 Å². The van der Waals surface area contributed by atoms with Crippen LogP contribution >= 0.6 is 0 Å². The predicted octanol–water partition coefficient (Wildman–Crippen LogP) is 5.95. The Hall–Kier alpha value is -2.22. The second-order valence-corrected chi connectivity index (χ2v) is 14.5. The number of hydrogen-bond acceptors (Lipinski definition) is 4. The van der Waals surface area contributed by atoms with Crippen molar-refractivity contribution in [2.45, 2.75) is 99.5 Å². The second kappa shape index (κ2) is 7.90. The van der Waals surface area contributed by atoms with E-state index in [0.29, 0.717) is 11.8 Å². The second-order valence-electron chi connectivity index (χ2n) is 14.5. The topological polar surface area (TPSA) is 87.0 Å². The standard InChI is InChI=1S/C32H44N2O3/c1-18-9-12-32(34-20(3)35)14-13-31(8)26(25(32)19(18)2)22(36)15-24-29(6)16-21(17-33)27(37)28(4,5)23(29)10-11-30(24,31)7/h15-16,18-19,23,25-26H,9-14H2,1-8H3,(H,34,35)/t18-,19+,23+,25+,26-,29+,30-,31-,32+/m1/s1. The Morgan fingerprint density at radius 2 is 1.70 bits per heavy atom. The molecular weight excluding hydrogens is 460 g/mol. The number of carbonyl (C=O) groups is 3. The summed E-state index contributed by atoms with van der Waals surface area (Å²) in [6.07, 6.45) is 9.43. The van der Waals surface area contributed by atoms with Gasteiger partial charge in [-0.15, -0.1) is 0 Å². The van der Waals surface area contributed by atoms with Gasteiger partial charge in [-0.3, -0.25) is 14.4 Å². The minimum atomic E-state index is -0.655. The van der Waals surface area contributed by atoms with E-state index in [1.54, 1.807) is 6.92 Å². The van der Waals surface area contributed by atoms with Crippen LogP contribution in [0.2, 0.25) is 0 Å². The molecule has 9 atom stereocenters. The van der Waals surface area contributed by atoms with Crippen LogP contribution in [0.25, 0.3) is 0 Å². The summed E-state index contributed by atoms with van der Waals surface area (Å²) in [7, 11) is 0. The van der Waals surface area contributed by atoms with Crippen molar-refractivity contribution in [2.75, 3.05) is 0 Å². The Morgan fingerprint density at radius 3 is 2.32 bits per heavy atom. The number of rotatable bonds is 1. The van der Waals surface area contributed by atoms with E-state index in [9.17, 15) is 19.6 Å². The van der Waals surface area contributed by atoms with Crippen molar-refractivity contribution in [1.82, 2.24) is 5.32 Å². The number of hydrogen-bond donors (Lipinski definition) is 1. The van der Waals surface area contributed by atoms with Crippen molar-refractivity contribution in [3.05, 3.63) is 23.3 Å². The Balaban J connectivity index is 1.70. The molecule has 5 aliphatic carbocycles. The van der Waals surface area contributed by atoms with Gasteiger partial charge >= 0.3 is 0 Å². The lowest BCUT2D eigenvalue weighted by molar-refractivity contribution is -0.167. The maximum atomic E-state index is 14.4. The van der Waals surface area contributed by atoms with E-state index in [-0.39, 0.29) is 57.2 Å². The summed E-state index contributed by atoms with van der Waals surface area (Å²) in [6.45, 7) is 17.0. The van der Waals surface area contributed by atoms with Crippen molar-refractivity contribution >= 4 is 17.5 Å². The summed E-state index contributed by atoms with van der Waals surface area (Å²) in [5.41, 5.74) is -0.629. The molecule has 0 unspecified atom stereocenters. The third kappa shape index (κ3) is 3.17. The van der Waals surface area contributed by atoms with Crippen molar-refractivity contribution in [3.63, 3.8) is 0 Å². The first-order chi connectivity index (χ1) is 17.1. The van der Waals surface area contributed by atoms with Crippen molar-refractivity contribution in [2.24, 2.45) is 51.2 Å². The number of Topliss-reactive ketones (excluding diaryl/α,β-unsaturated/α-hetero) is 1. The smallest absolute Gasteiger partial charge is 0.217 e. The Kier molecular flexibility index (Phi) is 5.64. The van der Waals surface area contributed by atoms with E-state index in [0.717, 1.165) is 44.1 Å². The van der Waals surface area contributed by atoms with Crippen LogP contribution in [0.4, 0.5) is 0 Å². The first-order valence-electron chi connectivity index (χ1n) is 14.3. The Labute approximate surface area is 222 Å². The van der Waals surface area contributed by atoms with E-state index in [4.69, 9.17) is 0 Å². The van der Waals surface area contributed by atoms with Gasteiger partial charge in [-0.1, -0.05) is 60.1 Å². The fraction of sp³-hybridized carbons (Fsp3) is 0.750. The lowest BCUT2D eigenvalue weighted by Gasteiger charge is -2.69. The van der Waals surface area contributed by atoms with Crippen LogP contribution in [0, 0.1) is 62.6 Å². The van der Waals surface area contributed by atoms with Crippen LogP contribution in [0.5, 0.6) is 0 Å². The Morgan fingerprint density at radius 1 is 1.03 bits per heavy atom. The minimum Gasteiger partial charge on any atom is -0.351 e. The first-order valence-corrected chi connectivity index (χ1v) is 14.3. The molecule has 1 amide bonds. The van der Waals surface area contributed by atoms with Gasteiger partial charge in [0.1, 0.15) is 6.07 Å². The minimum absolute atomic E-state index is 0.00245. The molecule has 5 rings (SSSR count). The summed E-state index contributed by atoms with van der Waals surface area (Å²) >= 11 is 0. The third-order valence-corrected chi connectivity index (χ3v) is 12.7. The number of nitriles is 1. The van der Waals surface area contributed by atoms with Crippen LogP contribution in [0.3, 0.4) is 0 Å². The average Bonchev–Trinajstić information content (AvgIpc) is 2.81. The highest BCUT2D eigenvalue weighted by atomic mass is 16.1. The number of nitrogens with zero attached hydrogens (tertiary/aromatic N) is 1. The zero-order chi connectivity index (χ0) is 27.3. The fourth-order valence-corrected chi connectivity index (χ4v) is 10.4. The zero-order valence-corrected chi connectivity index (χ0v) is 24.0. The van der Waals surface area contributed by atoms with E-state index in [1.165, 1.54) is 0 Å². The SMILES string of the molecule is CC(=O)N[C@]12CC[C@@H](C)[C@H](C)[C@H]1[C@H]1C(=O)C=C3[C@@]4(C)C=C(C#N)C(=O)C(C)(C)[C@@H]4CC[C@@]3(C)[C@]1(C)CC2. The summed E-state index contributed by atoms with van der Waals surface area (Å²) in [4.78, 5) is 40.1. The highest BCUT2D eigenvalue weighted by molar-refractivity contribution is 6.04. The molecule has 5 aliphatic rings. The third-order valence-electron chi connectivity index (χ3n) is 12.7. The fourth-order valence-electron chi connectivity index (χ4n) is 10.4. The van der Waals surface area contributed by atoms with Crippen LogP contribution in [0.15, 0.2) is 23.3 Å². The molecule has 0 radical (unpaired) electrons. The van der Waals surface area contributed by atoms with Crippen LogP contribution in [-0.4, -0.2) is 23.0 Å². The molecule has 0 aromatic carbocycles. The monoisotopic (exact) mass is 504 g/mol.